The SMILES string of the molecule is Cc1ccc(N(C2CCN(Cc3ccsc3)CC2)S(=O)(=O)c2ccc(Cl)cc2)cc1. The van der Waals surface area contributed by atoms with Crippen LogP contribution in [0.25, 0.3) is 0 Å². The molecule has 2 aromatic carbocycles. The van der Waals surface area contributed by atoms with Gasteiger partial charge in [0.25, 0.3) is 10.0 Å². The van der Waals surface area contributed by atoms with E-state index in [4.69, 9.17) is 11.6 Å². The Morgan fingerprint density at radius 2 is 1.70 bits per heavy atom. The van der Waals surface area contributed by atoms with Crippen molar-refractivity contribution >= 4 is 38.6 Å². The number of benzene rings is 2. The van der Waals surface area contributed by atoms with E-state index in [0.717, 1.165) is 38.0 Å². The van der Waals surface area contributed by atoms with Crippen LogP contribution in [-0.2, 0) is 16.6 Å². The maximum atomic E-state index is 13.6. The number of rotatable bonds is 6. The highest BCUT2D eigenvalue weighted by molar-refractivity contribution is 7.92. The topological polar surface area (TPSA) is 40.6 Å². The average molecular weight is 461 g/mol. The number of sulfonamides is 1. The molecule has 1 fully saturated rings. The highest BCUT2D eigenvalue weighted by Crippen LogP contribution is 2.31. The first-order chi connectivity index (χ1) is 14.4. The van der Waals surface area contributed by atoms with Gasteiger partial charge in [-0.1, -0.05) is 29.3 Å². The summed E-state index contributed by atoms with van der Waals surface area (Å²) in [6.07, 6.45) is 1.59. The van der Waals surface area contributed by atoms with Gasteiger partial charge in [-0.3, -0.25) is 9.21 Å². The molecule has 4 rings (SSSR count). The number of piperidine rings is 1. The lowest BCUT2D eigenvalue weighted by molar-refractivity contribution is 0.207. The van der Waals surface area contributed by atoms with Gasteiger partial charge in [-0.25, -0.2) is 8.42 Å². The molecule has 3 aromatic rings. The van der Waals surface area contributed by atoms with Crippen molar-refractivity contribution in [3.05, 3.63) is 81.5 Å². The molecule has 1 aromatic heterocycles. The Kier molecular flexibility index (Phi) is 6.48. The van der Waals surface area contributed by atoms with Gasteiger partial charge in [0, 0.05) is 30.7 Å². The third-order valence-corrected chi connectivity index (χ3v) is 8.41. The maximum Gasteiger partial charge on any atom is 0.264 e. The highest BCUT2D eigenvalue weighted by atomic mass is 35.5. The summed E-state index contributed by atoms with van der Waals surface area (Å²) >= 11 is 7.70. The molecule has 4 nitrogen and oxygen atoms in total. The second-order valence-electron chi connectivity index (χ2n) is 7.73. The van der Waals surface area contributed by atoms with Crippen molar-refractivity contribution in [3.8, 4) is 0 Å². The van der Waals surface area contributed by atoms with Crippen LogP contribution in [0.2, 0.25) is 5.02 Å². The number of hydrogen-bond donors (Lipinski definition) is 0. The quantitative estimate of drug-likeness (QED) is 0.482. The molecule has 0 radical (unpaired) electrons. The van der Waals surface area contributed by atoms with Crippen molar-refractivity contribution in [2.24, 2.45) is 0 Å². The lowest BCUT2D eigenvalue weighted by Gasteiger charge is -2.39. The van der Waals surface area contributed by atoms with Gasteiger partial charge in [0.15, 0.2) is 0 Å². The van der Waals surface area contributed by atoms with Crippen molar-refractivity contribution in [3.63, 3.8) is 0 Å². The first-order valence-corrected chi connectivity index (χ1v) is 12.8. The van der Waals surface area contributed by atoms with Gasteiger partial charge in [-0.05, 0) is 78.6 Å². The Hall–Kier alpha value is -1.86. The van der Waals surface area contributed by atoms with E-state index in [1.165, 1.54) is 5.56 Å². The zero-order valence-corrected chi connectivity index (χ0v) is 19.3. The van der Waals surface area contributed by atoms with Gasteiger partial charge in [0.05, 0.1) is 10.6 Å². The third kappa shape index (κ3) is 4.72. The van der Waals surface area contributed by atoms with Crippen molar-refractivity contribution < 1.29 is 8.42 Å². The van der Waals surface area contributed by atoms with E-state index in [1.807, 2.05) is 31.2 Å². The molecule has 0 saturated carbocycles. The molecule has 0 unspecified atom stereocenters. The standard InChI is InChI=1S/C23H25ClN2O2S2/c1-18-2-6-21(7-3-18)26(30(27,28)23-8-4-20(24)5-9-23)22-10-13-25(14-11-22)16-19-12-15-29-17-19/h2-9,12,15,17,22H,10-11,13-14,16H2,1H3. The Bertz CT molecular complexity index is 1060. The number of likely N-dealkylation sites (tertiary alicyclic amines) is 1. The largest absolute Gasteiger partial charge is 0.299 e. The summed E-state index contributed by atoms with van der Waals surface area (Å²) in [5.74, 6) is 0. The van der Waals surface area contributed by atoms with Crippen LogP contribution in [0.5, 0.6) is 0 Å². The molecule has 1 aliphatic rings. The average Bonchev–Trinajstić information content (AvgIpc) is 3.24. The number of anilines is 1. The predicted molar refractivity (Wildman–Crippen MR) is 125 cm³/mol. The van der Waals surface area contributed by atoms with E-state index in [1.54, 1.807) is 39.9 Å². The fourth-order valence-corrected chi connectivity index (χ4v) is 6.41. The van der Waals surface area contributed by atoms with Crippen LogP contribution in [0, 0.1) is 6.92 Å². The van der Waals surface area contributed by atoms with Crippen LogP contribution in [0.1, 0.15) is 24.0 Å². The molecule has 1 aliphatic heterocycles. The molecule has 0 N–H and O–H groups in total. The number of thiophene rings is 1. The minimum atomic E-state index is -3.69. The van der Waals surface area contributed by atoms with E-state index in [0.29, 0.717) is 10.7 Å². The molecular formula is C23H25ClN2O2S2. The maximum absolute atomic E-state index is 13.6. The number of hydrogen-bond acceptors (Lipinski definition) is 4. The predicted octanol–water partition coefficient (Wildman–Crippen LogP) is 5.57. The lowest BCUT2D eigenvalue weighted by atomic mass is 10.0. The molecular weight excluding hydrogens is 436 g/mol. The summed E-state index contributed by atoms with van der Waals surface area (Å²) in [5, 5.41) is 4.80. The molecule has 0 aliphatic carbocycles. The Labute approximate surface area is 187 Å². The van der Waals surface area contributed by atoms with Gasteiger partial charge in [-0.2, -0.15) is 11.3 Å². The van der Waals surface area contributed by atoms with Crippen molar-refractivity contribution in [1.82, 2.24) is 4.90 Å². The normalized spacial score (nSPS) is 15.9. The van der Waals surface area contributed by atoms with Crippen LogP contribution in [0.15, 0.2) is 70.3 Å². The highest BCUT2D eigenvalue weighted by Gasteiger charge is 2.34. The zero-order chi connectivity index (χ0) is 21.1. The number of halogens is 1. The minimum absolute atomic E-state index is 0.0768. The monoisotopic (exact) mass is 460 g/mol. The molecule has 30 heavy (non-hydrogen) atoms. The summed E-state index contributed by atoms with van der Waals surface area (Å²) in [7, 11) is -3.69. The van der Waals surface area contributed by atoms with Crippen LogP contribution in [-0.4, -0.2) is 32.4 Å². The molecule has 0 atom stereocenters. The summed E-state index contributed by atoms with van der Waals surface area (Å²) in [4.78, 5) is 2.68. The van der Waals surface area contributed by atoms with Crippen molar-refractivity contribution in [2.75, 3.05) is 17.4 Å². The Morgan fingerprint density at radius 3 is 2.30 bits per heavy atom. The van der Waals surface area contributed by atoms with Crippen LogP contribution in [0.3, 0.4) is 0 Å². The lowest BCUT2D eigenvalue weighted by Crippen LogP contribution is -2.47. The number of nitrogens with zero attached hydrogens (tertiary/aromatic N) is 2. The van der Waals surface area contributed by atoms with E-state index in [-0.39, 0.29) is 10.9 Å². The van der Waals surface area contributed by atoms with Gasteiger partial charge in [-0.15, -0.1) is 0 Å². The summed E-state index contributed by atoms with van der Waals surface area (Å²) in [6.45, 7) is 4.67. The second-order valence-corrected chi connectivity index (χ2v) is 10.8. The second kappa shape index (κ2) is 9.10. The molecule has 0 amide bonds. The van der Waals surface area contributed by atoms with E-state index >= 15 is 0 Å². The molecule has 0 spiro atoms. The minimum Gasteiger partial charge on any atom is -0.299 e. The fraction of sp³-hybridized carbons (Fsp3) is 0.304. The van der Waals surface area contributed by atoms with Crippen LogP contribution < -0.4 is 4.31 Å². The van der Waals surface area contributed by atoms with Gasteiger partial charge in [0.1, 0.15) is 0 Å². The van der Waals surface area contributed by atoms with Crippen molar-refractivity contribution in [1.29, 1.82) is 0 Å². The zero-order valence-electron chi connectivity index (χ0n) is 16.9. The molecule has 7 heteroatoms. The van der Waals surface area contributed by atoms with Gasteiger partial charge < -0.3 is 0 Å². The van der Waals surface area contributed by atoms with E-state index in [2.05, 4.69) is 21.7 Å². The number of aryl methyl sites for hydroxylation is 1. The fourth-order valence-electron chi connectivity index (χ4n) is 3.91. The summed E-state index contributed by atoms with van der Waals surface area (Å²) in [6, 6.07) is 16.2. The molecule has 1 saturated heterocycles. The Morgan fingerprint density at radius 1 is 1.03 bits per heavy atom. The summed E-state index contributed by atoms with van der Waals surface area (Å²) in [5.41, 5.74) is 3.14. The first kappa shape index (κ1) is 21.4. The van der Waals surface area contributed by atoms with Crippen molar-refractivity contribution in [2.45, 2.75) is 37.2 Å². The van der Waals surface area contributed by atoms with Crippen LogP contribution >= 0.6 is 22.9 Å². The molecule has 158 valence electrons. The molecule has 0 bridgehead atoms. The van der Waals surface area contributed by atoms with Gasteiger partial charge >= 0.3 is 0 Å². The van der Waals surface area contributed by atoms with Gasteiger partial charge in [0.2, 0.25) is 0 Å². The smallest absolute Gasteiger partial charge is 0.264 e. The van der Waals surface area contributed by atoms with E-state index in [9.17, 15) is 8.42 Å². The molecule has 2 heterocycles. The van der Waals surface area contributed by atoms with Crippen LogP contribution in [0.4, 0.5) is 5.69 Å². The first-order valence-electron chi connectivity index (χ1n) is 10.0. The Balaban J connectivity index is 1.60. The van der Waals surface area contributed by atoms with E-state index < -0.39 is 10.0 Å². The summed E-state index contributed by atoms with van der Waals surface area (Å²) < 4.78 is 28.9. The third-order valence-electron chi connectivity index (χ3n) is 5.53.